The van der Waals surface area contributed by atoms with E-state index in [9.17, 15) is 28.3 Å². The number of aromatic nitrogens is 1. The lowest BCUT2D eigenvalue weighted by atomic mass is 10.1. The van der Waals surface area contributed by atoms with Gasteiger partial charge in [0.15, 0.2) is 11.4 Å². The molecule has 2 heterocycles. The minimum atomic E-state index is -1.29. The molecule has 0 bridgehead atoms. The minimum Gasteiger partial charge on any atom is -0.503 e. The van der Waals surface area contributed by atoms with Crippen molar-refractivity contribution in [3.8, 4) is 5.75 Å². The summed E-state index contributed by atoms with van der Waals surface area (Å²) in [7, 11) is 0.311. The van der Waals surface area contributed by atoms with Gasteiger partial charge in [0.05, 0.1) is 5.94 Å². The van der Waals surface area contributed by atoms with Crippen LogP contribution in [0.2, 0.25) is 5.02 Å². The smallest absolute Gasteiger partial charge is 0.272 e. The van der Waals surface area contributed by atoms with Gasteiger partial charge in [0, 0.05) is 38.5 Å². The number of nitrogens with zero attached hydrogens (tertiary/aromatic N) is 1. The molecule has 3 N–H and O–H groups in total. The summed E-state index contributed by atoms with van der Waals surface area (Å²) in [4.78, 5) is 38.3. The van der Waals surface area contributed by atoms with E-state index >= 15 is 0 Å². The quantitative estimate of drug-likeness (QED) is 0.407. The molecule has 190 valence electrons. The van der Waals surface area contributed by atoms with Crippen molar-refractivity contribution in [2.75, 3.05) is 37.4 Å². The van der Waals surface area contributed by atoms with Crippen LogP contribution in [0, 0.1) is 11.6 Å². The Morgan fingerprint density at radius 3 is 2.77 bits per heavy atom. The molecule has 0 aliphatic carbocycles. The Labute approximate surface area is 207 Å². The Hall–Kier alpha value is -2.89. The van der Waals surface area contributed by atoms with E-state index in [-0.39, 0.29) is 30.9 Å². The molecule has 1 aromatic heterocycles. The van der Waals surface area contributed by atoms with Gasteiger partial charge in [-0.25, -0.2) is 18.8 Å². The summed E-state index contributed by atoms with van der Waals surface area (Å²) < 4.78 is 34.3. The molecule has 0 fully saturated rings. The first kappa shape index (κ1) is 26.7. The van der Waals surface area contributed by atoms with E-state index in [4.69, 9.17) is 16.3 Å². The third-order valence-corrected chi connectivity index (χ3v) is 8.86. The van der Waals surface area contributed by atoms with Crippen LogP contribution < -0.4 is 16.1 Å². The van der Waals surface area contributed by atoms with E-state index in [1.807, 2.05) is 6.08 Å². The summed E-state index contributed by atoms with van der Waals surface area (Å²) in [5.74, 6) is -2.54. The summed E-state index contributed by atoms with van der Waals surface area (Å²) in [5, 5.41) is 14.9. The number of aryl methyl sites for hydroxylation is 1. The molecule has 1 aromatic carbocycles. The molecule has 1 unspecified atom stereocenters. The zero-order chi connectivity index (χ0) is 25.8. The summed E-state index contributed by atoms with van der Waals surface area (Å²) in [5.41, 5.74) is -1.81. The molecule has 0 saturated carbocycles. The second kappa shape index (κ2) is 11.2. The number of aromatic hydroxyl groups is 1. The monoisotopic (exact) mass is 529 g/mol. The van der Waals surface area contributed by atoms with E-state index < -0.39 is 55.2 Å². The summed E-state index contributed by atoms with van der Waals surface area (Å²) in [6.45, 7) is 0.0555. The molecule has 2 aromatic rings. The maximum absolute atomic E-state index is 14.2. The molecular weight excluding hydrogens is 504 g/mol. The molecule has 1 aliphatic heterocycles. The summed E-state index contributed by atoms with van der Waals surface area (Å²) in [6.07, 6.45) is 7.06. The van der Waals surface area contributed by atoms with E-state index in [1.165, 1.54) is 10.8 Å². The van der Waals surface area contributed by atoms with Crippen LogP contribution in [0.4, 0.5) is 8.78 Å². The van der Waals surface area contributed by atoms with Crippen molar-refractivity contribution in [1.82, 2.24) is 15.2 Å². The SMILES string of the molecule is COCS1(C)C/C=C\CNC(=O)c2c(O)c(=O)c(C(=O)NCc3ccc(F)c(Cl)c3F)cn2CC1. The fourth-order valence-electron chi connectivity index (χ4n) is 3.61. The van der Waals surface area contributed by atoms with Crippen molar-refractivity contribution in [3.05, 3.63) is 74.2 Å². The van der Waals surface area contributed by atoms with E-state index in [0.29, 0.717) is 11.7 Å². The largest absolute Gasteiger partial charge is 0.503 e. The summed E-state index contributed by atoms with van der Waals surface area (Å²) >= 11 is 5.57. The molecule has 1 aliphatic rings. The highest BCUT2D eigenvalue weighted by Crippen LogP contribution is 2.44. The number of halogens is 3. The van der Waals surface area contributed by atoms with Crippen molar-refractivity contribution in [2.24, 2.45) is 0 Å². The van der Waals surface area contributed by atoms with Gasteiger partial charge in [-0.1, -0.05) is 29.8 Å². The summed E-state index contributed by atoms with van der Waals surface area (Å²) in [6, 6.07) is 2.08. The predicted octanol–water partition coefficient (Wildman–Crippen LogP) is 2.75. The number of hydrogen-bond donors (Lipinski definition) is 3. The van der Waals surface area contributed by atoms with Crippen molar-refractivity contribution in [2.45, 2.75) is 13.1 Å². The fourth-order valence-corrected chi connectivity index (χ4v) is 5.98. The molecule has 1 atom stereocenters. The average molecular weight is 530 g/mol. The van der Waals surface area contributed by atoms with E-state index in [2.05, 4.69) is 16.9 Å². The Balaban J connectivity index is 1.95. The third kappa shape index (κ3) is 6.03. The predicted molar refractivity (Wildman–Crippen MR) is 132 cm³/mol. The van der Waals surface area contributed by atoms with Gasteiger partial charge in [-0.05, 0) is 23.8 Å². The Kier molecular flexibility index (Phi) is 8.57. The first-order valence-corrected chi connectivity index (χ1v) is 13.5. The van der Waals surface area contributed by atoms with Gasteiger partial charge in [-0.15, -0.1) is 0 Å². The molecule has 2 amide bonds. The fraction of sp³-hybridized carbons (Fsp3) is 0.348. The van der Waals surface area contributed by atoms with Gasteiger partial charge in [-0.3, -0.25) is 14.4 Å². The van der Waals surface area contributed by atoms with E-state index in [1.54, 1.807) is 13.2 Å². The van der Waals surface area contributed by atoms with Gasteiger partial charge in [0.25, 0.3) is 11.8 Å². The maximum atomic E-state index is 14.2. The Morgan fingerprint density at radius 1 is 1.31 bits per heavy atom. The highest BCUT2D eigenvalue weighted by molar-refractivity contribution is 8.33. The van der Waals surface area contributed by atoms with Crippen molar-refractivity contribution in [3.63, 3.8) is 0 Å². The van der Waals surface area contributed by atoms with Gasteiger partial charge in [0.1, 0.15) is 22.2 Å². The van der Waals surface area contributed by atoms with Crippen molar-refractivity contribution >= 4 is 33.4 Å². The van der Waals surface area contributed by atoms with Crippen LogP contribution in [-0.4, -0.2) is 58.8 Å². The average Bonchev–Trinajstić information content (AvgIpc) is 2.84. The zero-order valence-electron chi connectivity index (χ0n) is 19.2. The molecule has 0 radical (unpaired) electrons. The van der Waals surface area contributed by atoms with Crippen LogP contribution in [0.5, 0.6) is 5.75 Å². The first-order valence-electron chi connectivity index (χ1n) is 10.6. The van der Waals surface area contributed by atoms with Gasteiger partial charge < -0.3 is 25.0 Å². The van der Waals surface area contributed by atoms with Crippen molar-refractivity contribution in [1.29, 1.82) is 0 Å². The van der Waals surface area contributed by atoms with Gasteiger partial charge >= 0.3 is 0 Å². The van der Waals surface area contributed by atoms with Crippen LogP contribution in [0.1, 0.15) is 26.4 Å². The normalized spacial score (nSPS) is 21.1. The topological polar surface area (TPSA) is 110 Å². The van der Waals surface area contributed by atoms with Crippen LogP contribution in [0.3, 0.4) is 0 Å². The second-order valence-corrected chi connectivity index (χ2v) is 12.5. The minimum absolute atomic E-state index is 0.0879. The lowest BCUT2D eigenvalue weighted by Gasteiger charge is -2.34. The molecule has 0 saturated heterocycles. The molecule has 0 spiro atoms. The number of ether oxygens (including phenoxy) is 1. The van der Waals surface area contributed by atoms with Crippen LogP contribution in [0.25, 0.3) is 0 Å². The standard InChI is InChI=1S/C23H26ClF2N3O5S/c1-34-13-35(2)9-4-3-7-27-23(33)19-21(31)20(30)15(12-29(19)8-10-35)22(32)28-11-14-5-6-16(25)17(24)18(14)26/h3-6,12,31H,7-11,13H2,1-2H3,(H,27,33)(H,28,32)/b4-3-. The van der Waals surface area contributed by atoms with Crippen LogP contribution in [0.15, 0.2) is 35.3 Å². The number of hydrogen-bond acceptors (Lipinski definition) is 5. The molecule has 12 heteroatoms. The number of methoxy groups -OCH3 is 1. The first-order chi connectivity index (χ1) is 16.6. The number of benzene rings is 1. The number of nitrogens with one attached hydrogen (secondary N) is 2. The van der Waals surface area contributed by atoms with Crippen molar-refractivity contribution < 1.29 is 28.2 Å². The number of carbonyl (C=O) groups excluding carboxylic acids is 2. The maximum Gasteiger partial charge on any atom is 0.272 e. The number of pyridine rings is 1. The highest BCUT2D eigenvalue weighted by atomic mass is 35.5. The Bertz CT molecular complexity index is 1240. The lowest BCUT2D eigenvalue weighted by Crippen LogP contribution is -2.34. The number of rotatable bonds is 5. The number of carbonyl (C=O) groups is 2. The zero-order valence-corrected chi connectivity index (χ0v) is 20.8. The number of fused-ring (bicyclic) bond motifs is 1. The second-order valence-electron chi connectivity index (χ2n) is 8.22. The van der Waals surface area contributed by atoms with Crippen LogP contribution in [-0.2, 0) is 17.8 Å². The van der Waals surface area contributed by atoms with Gasteiger partial charge in [-0.2, -0.15) is 0 Å². The lowest BCUT2D eigenvalue weighted by molar-refractivity contribution is 0.0929. The molecular formula is C23H26ClF2N3O5S. The third-order valence-electron chi connectivity index (χ3n) is 5.54. The Morgan fingerprint density at radius 2 is 2.06 bits per heavy atom. The number of amides is 2. The molecule has 8 nitrogen and oxygen atoms in total. The molecule has 35 heavy (non-hydrogen) atoms. The van der Waals surface area contributed by atoms with E-state index in [0.717, 1.165) is 17.9 Å². The van der Waals surface area contributed by atoms with Gasteiger partial charge in [0.2, 0.25) is 5.43 Å². The molecule has 3 rings (SSSR count). The highest BCUT2D eigenvalue weighted by Gasteiger charge is 2.26. The van der Waals surface area contributed by atoms with Crippen LogP contribution >= 0.6 is 21.6 Å².